The van der Waals surface area contributed by atoms with Gasteiger partial charge in [0.05, 0.1) is 0 Å². The Morgan fingerprint density at radius 1 is 1.30 bits per heavy atom. The molecule has 1 atom stereocenters. The predicted octanol–water partition coefficient (Wildman–Crippen LogP) is 0.834. The molecule has 0 rings (SSSR count). The quantitative estimate of drug-likeness (QED) is 0.643. The van der Waals surface area contributed by atoms with Gasteiger partial charge in [-0.1, -0.05) is 0 Å². The van der Waals surface area contributed by atoms with Gasteiger partial charge in [-0.15, -0.1) is 0 Å². The summed E-state index contributed by atoms with van der Waals surface area (Å²) in [4.78, 5) is 33.8. The minimum atomic E-state index is -1.09. The normalized spacial score (nSPS) is 12.4. The van der Waals surface area contributed by atoms with Crippen molar-refractivity contribution >= 4 is 29.7 Å². The van der Waals surface area contributed by atoms with E-state index in [1.165, 1.54) is 11.8 Å². The van der Waals surface area contributed by atoms with Gasteiger partial charge in [0.1, 0.15) is 18.2 Å². The number of rotatable bonds is 7. The summed E-state index contributed by atoms with van der Waals surface area (Å²) in [6, 6.07) is -0.949. The molecular formula is C12H22N2O5S. The van der Waals surface area contributed by atoms with Gasteiger partial charge < -0.3 is 20.5 Å². The molecule has 0 fully saturated rings. The Labute approximate surface area is 122 Å². The van der Waals surface area contributed by atoms with Crippen molar-refractivity contribution in [3.05, 3.63) is 0 Å². The van der Waals surface area contributed by atoms with Gasteiger partial charge in [-0.2, -0.15) is 11.8 Å². The van der Waals surface area contributed by atoms with Crippen LogP contribution < -0.4 is 10.6 Å². The second-order valence-corrected chi connectivity index (χ2v) is 6.08. The van der Waals surface area contributed by atoms with Crippen molar-refractivity contribution in [2.75, 3.05) is 18.6 Å². The second-order valence-electron chi connectivity index (χ2n) is 5.10. The molecule has 0 aliphatic heterocycles. The van der Waals surface area contributed by atoms with Gasteiger partial charge in [0.15, 0.2) is 0 Å². The highest BCUT2D eigenvalue weighted by atomic mass is 32.2. The zero-order valence-electron chi connectivity index (χ0n) is 12.2. The first-order valence-corrected chi connectivity index (χ1v) is 7.53. The van der Waals surface area contributed by atoms with Gasteiger partial charge in [0.2, 0.25) is 5.91 Å². The van der Waals surface area contributed by atoms with Crippen LogP contribution in [-0.4, -0.2) is 53.3 Å². The number of nitrogens with one attached hydrogen (secondary N) is 2. The molecule has 0 saturated carbocycles. The Morgan fingerprint density at radius 2 is 1.90 bits per heavy atom. The summed E-state index contributed by atoms with van der Waals surface area (Å²) in [6.07, 6.45) is 1.46. The molecular weight excluding hydrogens is 284 g/mol. The number of hydrogen-bond acceptors (Lipinski definition) is 5. The zero-order valence-corrected chi connectivity index (χ0v) is 13.0. The molecule has 0 aliphatic rings. The van der Waals surface area contributed by atoms with Crippen molar-refractivity contribution in [3.8, 4) is 0 Å². The van der Waals surface area contributed by atoms with Gasteiger partial charge >= 0.3 is 12.1 Å². The largest absolute Gasteiger partial charge is 0.480 e. The Bertz CT molecular complexity index is 354. The van der Waals surface area contributed by atoms with E-state index in [9.17, 15) is 14.4 Å². The average molecular weight is 306 g/mol. The van der Waals surface area contributed by atoms with E-state index in [0.717, 1.165) is 0 Å². The fourth-order valence-electron chi connectivity index (χ4n) is 1.21. The van der Waals surface area contributed by atoms with Crippen LogP contribution in [-0.2, 0) is 14.3 Å². The number of aliphatic carboxylic acids is 1. The lowest BCUT2D eigenvalue weighted by molar-refractivity contribution is -0.141. The fourth-order valence-corrected chi connectivity index (χ4v) is 1.68. The number of amides is 2. The predicted molar refractivity (Wildman–Crippen MR) is 76.8 cm³/mol. The van der Waals surface area contributed by atoms with Gasteiger partial charge in [-0.25, -0.2) is 9.59 Å². The van der Waals surface area contributed by atoms with Crippen LogP contribution in [0.1, 0.15) is 27.2 Å². The van der Waals surface area contributed by atoms with Crippen molar-refractivity contribution < 1.29 is 24.2 Å². The summed E-state index contributed by atoms with van der Waals surface area (Å²) in [5.41, 5.74) is -0.650. The van der Waals surface area contributed by atoms with Crippen molar-refractivity contribution in [2.24, 2.45) is 0 Å². The Kier molecular flexibility index (Phi) is 8.05. The minimum Gasteiger partial charge on any atom is -0.480 e. The molecule has 0 aliphatic carbocycles. The highest BCUT2D eigenvalue weighted by Crippen LogP contribution is 2.06. The van der Waals surface area contributed by atoms with E-state index in [4.69, 9.17) is 9.84 Å². The monoisotopic (exact) mass is 306 g/mol. The fraction of sp³-hybridized carbons (Fsp3) is 0.750. The molecule has 0 heterocycles. The number of thioether (sulfide) groups is 1. The van der Waals surface area contributed by atoms with Crippen molar-refractivity contribution in [1.29, 1.82) is 0 Å². The van der Waals surface area contributed by atoms with Crippen LogP contribution >= 0.6 is 11.8 Å². The van der Waals surface area contributed by atoms with E-state index in [-0.39, 0.29) is 6.54 Å². The van der Waals surface area contributed by atoms with Crippen LogP contribution in [0.5, 0.6) is 0 Å². The standard InChI is InChI=1S/C12H22N2O5S/c1-12(2,3)19-11(18)13-7-9(15)14-8(10(16)17)5-6-20-4/h8H,5-7H2,1-4H3,(H,13,18)(H,14,15)(H,16,17)/t8-/m0/s1. The molecule has 0 radical (unpaired) electrons. The molecule has 0 unspecified atom stereocenters. The molecule has 3 N–H and O–H groups in total. The number of hydrogen-bond donors (Lipinski definition) is 3. The van der Waals surface area contributed by atoms with E-state index in [0.29, 0.717) is 12.2 Å². The molecule has 0 aromatic carbocycles. The van der Waals surface area contributed by atoms with Crippen LogP contribution in [0.25, 0.3) is 0 Å². The first-order chi connectivity index (χ1) is 9.15. The number of carbonyl (C=O) groups excluding carboxylic acids is 2. The highest BCUT2D eigenvalue weighted by molar-refractivity contribution is 7.98. The maximum atomic E-state index is 11.5. The third-order valence-electron chi connectivity index (χ3n) is 2.04. The molecule has 0 saturated heterocycles. The molecule has 0 bridgehead atoms. The summed E-state index contributed by atoms with van der Waals surface area (Å²) >= 11 is 1.49. The van der Waals surface area contributed by atoms with E-state index in [1.54, 1.807) is 20.8 Å². The zero-order chi connectivity index (χ0) is 15.8. The first-order valence-electron chi connectivity index (χ1n) is 6.13. The average Bonchev–Trinajstić information content (AvgIpc) is 2.29. The van der Waals surface area contributed by atoms with Crippen molar-refractivity contribution in [3.63, 3.8) is 0 Å². The molecule has 20 heavy (non-hydrogen) atoms. The summed E-state index contributed by atoms with van der Waals surface area (Å²) in [6.45, 7) is 4.79. The SMILES string of the molecule is CSCC[C@H](NC(=O)CNC(=O)OC(C)(C)C)C(=O)O. The lowest BCUT2D eigenvalue weighted by atomic mass is 10.2. The van der Waals surface area contributed by atoms with Crippen molar-refractivity contribution in [1.82, 2.24) is 10.6 Å². The second kappa shape index (κ2) is 8.68. The highest BCUT2D eigenvalue weighted by Gasteiger charge is 2.20. The van der Waals surface area contributed by atoms with Crippen molar-refractivity contribution in [2.45, 2.75) is 38.8 Å². The number of carbonyl (C=O) groups is 3. The molecule has 0 aromatic rings. The summed E-state index contributed by atoms with van der Waals surface area (Å²) in [5.74, 6) is -1.04. The Morgan fingerprint density at radius 3 is 2.35 bits per heavy atom. The minimum absolute atomic E-state index is 0.321. The van der Waals surface area contributed by atoms with Crippen LogP contribution in [0.2, 0.25) is 0 Å². The number of alkyl carbamates (subject to hydrolysis) is 1. The van der Waals surface area contributed by atoms with Crippen LogP contribution in [0.4, 0.5) is 4.79 Å². The van der Waals surface area contributed by atoms with Gasteiger partial charge in [-0.3, -0.25) is 4.79 Å². The number of ether oxygens (including phenoxy) is 1. The van der Waals surface area contributed by atoms with E-state index < -0.39 is 29.6 Å². The molecule has 0 aromatic heterocycles. The smallest absolute Gasteiger partial charge is 0.408 e. The Balaban J connectivity index is 4.14. The maximum Gasteiger partial charge on any atom is 0.408 e. The van der Waals surface area contributed by atoms with Crippen LogP contribution in [0.15, 0.2) is 0 Å². The third kappa shape index (κ3) is 9.48. The lowest BCUT2D eigenvalue weighted by Gasteiger charge is -2.20. The lowest BCUT2D eigenvalue weighted by Crippen LogP contribution is -2.46. The Hall–Kier alpha value is -1.44. The first kappa shape index (κ1) is 18.6. The topological polar surface area (TPSA) is 105 Å². The van der Waals surface area contributed by atoms with Gasteiger partial charge in [0, 0.05) is 0 Å². The van der Waals surface area contributed by atoms with Gasteiger partial charge in [-0.05, 0) is 39.2 Å². The number of carboxylic acids is 1. The van der Waals surface area contributed by atoms with E-state index in [2.05, 4.69) is 10.6 Å². The summed E-state index contributed by atoms with van der Waals surface area (Å²) in [7, 11) is 0. The molecule has 0 spiro atoms. The molecule has 8 heteroatoms. The van der Waals surface area contributed by atoms with Gasteiger partial charge in [0.25, 0.3) is 0 Å². The third-order valence-corrected chi connectivity index (χ3v) is 2.68. The molecule has 2 amide bonds. The van der Waals surface area contributed by atoms with Crippen LogP contribution in [0.3, 0.4) is 0 Å². The van der Waals surface area contributed by atoms with E-state index >= 15 is 0 Å². The van der Waals surface area contributed by atoms with Crippen LogP contribution in [0, 0.1) is 0 Å². The van der Waals surface area contributed by atoms with E-state index in [1.807, 2.05) is 6.26 Å². The summed E-state index contributed by atoms with van der Waals surface area (Å²) < 4.78 is 4.96. The molecule has 116 valence electrons. The maximum absolute atomic E-state index is 11.5. The molecule has 7 nitrogen and oxygen atoms in total. The summed E-state index contributed by atoms with van der Waals surface area (Å²) in [5, 5.41) is 13.6. The number of carboxylic acid groups (broad SMARTS) is 1.